The number of anilines is 1. The van der Waals surface area contributed by atoms with Crippen molar-refractivity contribution >= 4 is 23.2 Å². The number of carbonyl (C=O) groups excluding carboxylic acids is 1. The van der Waals surface area contributed by atoms with E-state index in [9.17, 15) is 4.79 Å². The maximum Gasteiger partial charge on any atom is 0.224 e. The van der Waals surface area contributed by atoms with Gasteiger partial charge in [-0.1, -0.05) is 25.5 Å². The van der Waals surface area contributed by atoms with Gasteiger partial charge in [0.15, 0.2) is 0 Å². The molecule has 17 heavy (non-hydrogen) atoms. The van der Waals surface area contributed by atoms with Crippen molar-refractivity contribution in [2.45, 2.75) is 39.0 Å². The van der Waals surface area contributed by atoms with Crippen LogP contribution in [0.4, 0.5) is 5.69 Å². The minimum Gasteiger partial charge on any atom is -0.326 e. The van der Waals surface area contributed by atoms with Crippen molar-refractivity contribution in [3.63, 3.8) is 0 Å². The first-order chi connectivity index (χ1) is 8.26. The minimum absolute atomic E-state index is 0.0985. The Morgan fingerprint density at radius 3 is 2.88 bits per heavy atom. The van der Waals surface area contributed by atoms with E-state index in [4.69, 9.17) is 11.6 Å². The normalized spacial score (nSPS) is 10.2. The first-order valence-electron chi connectivity index (χ1n) is 6.21. The number of aryl methyl sites for hydroxylation is 1. The van der Waals surface area contributed by atoms with Crippen LogP contribution in [0.5, 0.6) is 0 Å². The Balaban J connectivity index is 2.50. The fourth-order valence-electron chi connectivity index (χ4n) is 1.64. The lowest BCUT2D eigenvalue weighted by Crippen LogP contribution is -2.11. The zero-order valence-corrected chi connectivity index (χ0v) is 11.1. The Morgan fingerprint density at radius 2 is 2.18 bits per heavy atom. The number of unbranched alkanes of at least 4 members (excludes halogenated alkanes) is 1. The largest absolute Gasteiger partial charge is 0.326 e. The van der Waals surface area contributed by atoms with E-state index < -0.39 is 0 Å². The summed E-state index contributed by atoms with van der Waals surface area (Å²) in [6.07, 6.45) is 4.51. The van der Waals surface area contributed by atoms with Crippen LogP contribution in [0, 0.1) is 0 Å². The second-order valence-corrected chi connectivity index (χ2v) is 4.52. The average molecular weight is 254 g/mol. The third-order valence-corrected chi connectivity index (χ3v) is 2.83. The summed E-state index contributed by atoms with van der Waals surface area (Å²) >= 11 is 5.66. The molecule has 1 rings (SSSR count). The van der Waals surface area contributed by atoms with Crippen molar-refractivity contribution in [2.75, 3.05) is 11.2 Å². The Labute approximate surface area is 108 Å². The molecule has 0 aliphatic heterocycles. The van der Waals surface area contributed by atoms with Crippen molar-refractivity contribution in [1.82, 2.24) is 0 Å². The van der Waals surface area contributed by atoms with Crippen molar-refractivity contribution in [1.29, 1.82) is 0 Å². The Bertz CT molecular complexity index is 352. The molecule has 1 aromatic rings. The summed E-state index contributed by atoms with van der Waals surface area (Å²) in [7, 11) is 0. The third kappa shape index (κ3) is 5.73. The molecule has 0 radical (unpaired) electrons. The highest BCUT2D eigenvalue weighted by Gasteiger charge is 2.02. The van der Waals surface area contributed by atoms with Gasteiger partial charge in [-0.05, 0) is 37.0 Å². The molecule has 0 aliphatic rings. The number of alkyl halides is 1. The van der Waals surface area contributed by atoms with Crippen molar-refractivity contribution < 1.29 is 4.79 Å². The highest BCUT2D eigenvalue weighted by atomic mass is 35.5. The summed E-state index contributed by atoms with van der Waals surface area (Å²) in [4.78, 5) is 11.6. The molecule has 0 fully saturated rings. The van der Waals surface area contributed by atoms with E-state index in [1.54, 1.807) is 0 Å². The van der Waals surface area contributed by atoms with Crippen LogP contribution in [0.15, 0.2) is 24.3 Å². The molecule has 0 bridgehead atoms. The molecule has 0 heterocycles. The lowest BCUT2D eigenvalue weighted by atomic mass is 10.1. The molecule has 0 spiro atoms. The van der Waals surface area contributed by atoms with Gasteiger partial charge in [-0.25, -0.2) is 0 Å². The SMILES string of the molecule is CCCCC(=O)Nc1cccc(CCCCl)c1. The average Bonchev–Trinajstić information content (AvgIpc) is 2.34. The predicted octanol–water partition coefficient (Wildman–Crippen LogP) is 3.99. The number of carbonyl (C=O) groups is 1. The van der Waals surface area contributed by atoms with Crippen molar-refractivity contribution in [3.8, 4) is 0 Å². The van der Waals surface area contributed by atoms with Crippen LogP contribution >= 0.6 is 11.6 Å². The van der Waals surface area contributed by atoms with Gasteiger partial charge in [0.25, 0.3) is 0 Å². The fraction of sp³-hybridized carbons (Fsp3) is 0.500. The quantitative estimate of drug-likeness (QED) is 0.732. The lowest BCUT2D eigenvalue weighted by Gasteiger charge is -2.06. The van der Waals surface area contributed by atoms with Crippen molar-refractivity contribution in [3.05, 3.63) is 29.8 Å². The second-order valence-electron chi connectivity index (χ2n) is 4.14. The van der Waals surface area contributed by atoms with Gasteiger partial charge in [0.2, 0.25) is 5.91 Å². The summed E-state index contributed by atoms with van der Waals surface area (Å²) in [6, 6.07) is 7.98. The molecular formula is C14H20ClNO. The standard InChI is InChI=1S/C14H20ClNO/c1-2-3-9-14(17)16-13-8-4-6-12(11-13)7-5-10-15/h4,6,8,11H,2-3,5,7,9-10H2,1H3,(H,16,17). The second kappa shape index (κ2) is 8.13. The van der Waals surface area contributed by atoms with Crippen LogP contribution in [0.25, 0.3) is 0 Å². The zero-order chi connectivity index (χ0) is 12.5. The fourth-order valence-corrected chi connectivity index (χ4v) is 1.77. The molecule has 3 heteroatoms. The molecule has 0 atom stereocenters. The van der Waals surface area contributed by atoms with Gasteiger partial charge < -0.3 is 5.32 Å². The molecule has 0 saturated carbocycles. The van der Waals surface area contributed by atoms with Crippen LogP contribution in [0.1, 0.15) is 38.2 Å². The van der Waals surface area contributed by atoms with Gasteiger partial charge in [-0.15, -0.1) is 11.6 Å². The minimum atomic E-state index is 0.0985. The van der Waals surface area contributed by atoms with E-state index in [-0.39, 0.29) is 5.91 Å². The topological polar surface area (TPSA) is 29.1 Å². The summed E-state index contributed by atoms with van der Waals surface area (Å²) in [5.74, 6) is 0.772. The molecule has 2 nitrogen and oxygen atoms in total. The number of rotatable bonds is 7. The molecule has 94 valence electrons. The van der Waals surface area contributed by atoms with Gasteiger partial charge in [0.05, 0.1) is 0 Å². The van der Waals surface area contributed by atoms with Crippen LogP contribution in [0.2, 0.25) is 0 Å². The first kappa shape index (κ1) is 14.0. The van der Waals surface area contributed by atoms with E-state index >= 15 is 0 Å². The lowest BCUT2D eigenvalue weighted by molar-refractivity contribution is -0.116. The summed E-state index contributed by atoms with van der Waals surface area (Å²) < 4.78 is 0. The number of halogens is 1. The number of nitrogens with one attached hydrogen (secondary N) is 1. The third-order valence-electron chi connectivity index (χ3n) is 2.57. The van der Waals surface area contributed by atoms with Crippen LogP contribution in [-0.4, -0.2) is 11.8 Å². The molecule has 1 N–H and O–H groups in total. The van der Waals surface area contributed by atoms with Crippen LogP contribution in [-0.2, 0) is 11.2 Å². The highest BCUT2D eigenvalue weighted by Crippen LogP contribution is 2.13. The molecule has 1 amide bonds. The van der Waals surface area contributed by atoms with E-state index in [1.165, 1.54) is 5.56 Å². The Morgan fingerprint density at radius 1 is 1.35 bits per heavy atom. The van der Waals surface area contributed by atoms with E-state index in [0.29, 0.717) is 12.3 Å². The van der Waals surface area contributed by atoms with Gasteiger partial charge >= 0.3 is 0 Å². The van der Waals surface area contributed by atoms with Gasteiger partial charge in [-0.3, -0.25) is 4.79 Å². The Hall–Kier alpha value is -1.02. The van der Waals surface area contributed by atoms with Gasteiger partial charge in [0, 0.05) is 18.0 Å². The van der Waals surface area contributed by atoms with Crippen LogP contribution < -0.4 is 5.32 Å². The molecule has 0 aromatic heterocycles. The molecule has 0 unspecified atom stereocenters. The predicted molar refractivity (Wildman–Crippen MR) is 73.6 cm³/mol. The smallest absolute Gasteiger partial charge is 0.224 e. The molecule has 1 aromatic carbocycles. The van der Waals surface area contributed by atoms with Gasteiger partial charge in [0.1, 0.15) is 0 Å². The maximum atomic E-state index is 11.6. The zero-order valence-electron chi connectivity index (χ0n) is 10.3. The first-order valence-corrected chi connectivity index (χ1v) is 6.74. The number of amides is 1. The molecule has 0 aliphatic carbocycles. The highest BCUT2D eigenvalue weighted by molar-refractivity contribution is 6.17. The van der Waals surface area contributed by atoms with Crippen molar-refractivity contribution in [2.24, 2.45) is 0 Å². The van der Waals surface area contributed by atoms with E-state index in [0.717, 1.165) is 31.4 Å². The monoisotopic (exact) mass is 253 g/mol. The number of benzene rings is 1. The molecule has 0 saturated heterocycles. The molecular weight excluding hydrogens is 234 g/mol. The van der Waals surface area contributed by atoms with E-state index in [2.05, 4.69) is 18.3 Å². The number of hydrogen-bond acceptors (Lipinski definition) is 1. The Kier molecular flexibility index (Phi) is 6.71. The summed E-state index contributed by atoms with van der Waals surface area (Å²) in [5, 5.41) is 2.92. The maximum absolute atomic E-state index is 11.6. The van der Waals surface area contributed by atoms with E-state index in [1.807, 2.05) is 18.2 Å². The van der Waals surface area contributed by atoms with Crippen LogP contribution in [0.3, 0.4) is 0 Å². The summed E-state index contributed by atoms with van der Waals surface area (Å²) in [5.41, 5.74) is 2.11. The van der Waals surface area contributed by atoms with Gasteiger partial charge in [-0.2, -0.15) is 0 Å². The number of hydrogen-bond donors (Lipinski definition) is 1. The summed E-state index contributed by atoms with van der Waals surface area (Å²) in [6.45, 7) is 2.08.